The molecule has 1 aromatic heterocycles. The van der Waals surface area contributed by atoms with E-state index < -0.39 is 17.2 Å². The normalized spacial score (nSPS) is 13.5. The number of hydrogen-bond donors (Lipinski definition) is 1. The predicted molar refractivity (Wildman–Crippen MR) is 77.0 cm³/mol. The molecule has 1 aliphatic rings. The van der Waals surface area contributed by atoms with Crippen LogP contribution in [0.4, 0.5) is 8.78 Å². The first kappa shape index (κ1) is 15.9. The molecule has 0 atom stereocenters. The Morgan fingerprint density at radius 1 is 1.36 bits per heavy atom. The second kappa shape index (κ2) is 6.13. The number of ether oxygens (including phenoxy) is 1. The molecule has 0 aliphatic heterocycles. The number of rotatable bonds is 3. The summed E-state index contributed by atoms with van der Waals surface area (Å²) >= 11 is 0. The van der Waals surface area contributed by atoms with Crippen LogP contribution < -0.4 is 10.2 Å². The zero-order valence-electron chi connectivity index (χ0n) is 12.1. The Hall–Kier alpha value is -2.44. The van der Waals surface area contributed by atoms with Gasteiger partial charge in [-0.1, -0.05) is 0 Å². The standard InChI is InChI=1S/C14H12FNO4.CH3F/c1-20-11-5-7(15)4-9-12(11)16(8-2-3-8)6-10(13(9)17)14(18)19;1-2/h4-6,8H,2-3H2,1H3,(H,18,19);1H3. The van der Waals surface area contributed by atoms with E-state index in [1.807, 2.05) is 0 Å². The summed E-state index contributed by atoms with van der Waals surface area (Å²) in [6, 6.07) is 2.39. The first-order valence-electron chi connectivity index (χ1n) is 6.56. The first-order chi connectivity index (χ1) is 10.5. The molecule has 1 aliphatic carbocycles. The van der Waals surface area contributed by atoms with Gasteiger partial charge in [-0.15, -0.1) is 0 Å². The molecule has 2 aromatic rings. The van der Waals surface area contributed by atoms with Crippen molar-refractivity contribution in [2.75, 3.05) is 14.3 Å². The quantitative estimate of drug-likeness (QED) is 0.946. The lowest BCUT2D eigenvalue weighted by Gasteiger charge is -2.14. The van der Waals surface area contributed by atoms with Crippen LogP contribution in [-0.4, -0.2) is 29.9 Å². The van der Waals surface area contributed by atoms with Gasteiger partial charge in [-0.2, -0.15) is 0 Å². The highest BCUT2D eigenvalue weighted by Crippen LogP contribution is 2.39. The van der Waals surface area contributed by atoms with Gasteiger partial charge in [0.25, 0.3) is 0 Å². The fraction of sp³-hybridized carbons (Fsp3) is 0.333. The molecule has 0 bridgehead atoms. The zero-order valence-corrected chi connectivity index (χ0v) is 12.1. The average molecular weight is 311 g/mol. The second-order valence-electron chi connectivity index (χ2n) is 4.82. The van der Waals surface area contributed by atoms with Crippen LogP contribution in [0.15, 0.2) is 23.1 Å². The third-order valence-corrected chi connectivity index (χ3v) is 3.45. The van der Waals surface area contributed by atoms with Crippen LogP contribution in [0.2, 0.25) is 0 Å². The highest BCUT2D eigenvalue weighted by atomic mass is 19.1. The van der Waals surface area contributed by atoms with Crippen LogP contribution >= 0.6 is 0 Å². The van der Waals surface area contributed by atoms with E-state index in [1.54, 1.807) is 4.57 Å². The summed E-state index contributed by atoms with van der Waals surface area (Å²) < 4.78 is 29.9. The fourth-order valence-corrected chi connectivity index (χ4v) is 2.37. The van der Waals surface area contributed by atoms with Crippen LogP contribution in [0.3, 0.4) is 0 Å². The van der Waals surface area contributed by atoms with Crippen LogP contribution in [0.1, 0.15) is 29.2 Å². The smallest absolute Gasteiger partial charge is 0.341 e. The van der Waals surface area contributed by atoms with Crippen molar-refractivity contribution >= 4 is 16.9 Å². The number of nitrogens with zero attached hydrogens (tertiary/aromatic N) is 1. The summed E-state index contributed by atoms with van der Waals surface area (Å²) in [4.78, 5) is 23.3. The number of aromatic nitrogens is 1. The summed E-state index contributed by atoms with van der Waals surface area (Å²) in [6.45, 7) is 0. The Kier molecular flexibility index (Phi) is 4.44. The molecule has 3 rings (SSSR count). The van der Waals surface area contributed by atoms with Gasteiger partial charge in [0.2, 0.25) is 5.43 Å². The number of carboxylic acid groups (broad SMARTS) is 1. The van der Waals surface area contributed by atoms with Crippen LogP contribution in [0.25, 0.3) is 10.9 Å². The summed E-state index contributed by atoms with van der Waals surface area (Å²) in [5, 5.41) is 9.15. The molecule has 1 fully saturated rings. The molecular formula is C15H15F2NO4. The van der Waals surface area contributed by atoms with Gasteiger partial charge >= 0.3 is 5.97 Å². The van der Waals surface area contributed by atoms with E-state index in [9.17, 15) is 18.4 Å². The van der Waals surface area contributed by atoms with Gasteiger partial charge in [0.05, 0.1) is 25.2 Å². The van der Waals surface area contributed by atoms with E-state index in [1.165, 1.54) is 19.4 Å². The predicted octanol–water partition coefficient (Wildman–Crippen LogP) is 2.77. The minimum absolute atomic E-state index is 0.0358. The molecule has 5 nitrogen and oxygen atoms in total. The van der Waals surface area contributed by atoms with E-state index in [0.29, 0.717) is 12.7 Å². The fourth-order valence-electron chi connectivity index (χ4n) is 2.37. The maximum absolute atomic E-state index is 13.6. The molecular weight excluding hydrogens is 296 g/mol. The number of carbonyl (C=O) groups is 1. The lowest BCUT2D eigenvalue weighted by atomic mass is 10.1. The Labute approximate surface area is 124 Å². The van der Waals surface area contributed by atoms with Crippen molar-refractivity contribution in [3.63, 3.8) is 0 Å². The molecule has 0 saturated heterocycles. The van der Waals surface area contributed by atoms with Crippen molar-refractivity contribution in [3.05, 3.63) is 39.9 Å². The molecule has 118 valence electrons. The summed E-state index contributed by atoms with van der Waals surface area (Å²) in [5.41, 5.74) is -0.592. The van der Waals surface area contributed by atoms with E-state index >= 15 is 0 Å². The van der Waals surface area contributed by atoms with Crippen molar-refractivity contribution < 1.29 is 23.4 Å². The minimum atomic E-state index is -1.31. The maximum Gasteiger partial charge on any atom is 0.341 e. The molecule has 0 spiro atoms. The van der Waals surface area contributed by atoms with Gasteiger partial charge in [-0.3, -0.25) is 9.18 Å². The summed E-state index contributed by atoms with van der Waals surface area (Å²) in [6.07, 6.45) is 3.13. The van der Waals surface area contributed by atoms with Crippen LogP contribution in [0, 0.1) is 5.82 Å². The van der Waals surface area contributed by atoms with Gasteiger partial charge in [0.15, 0.2) is 0 Å². The lowest BCUT2D eigenvalue weighted by molar-refractivity contribution is 0.0695. The number of aromatic carboxylic acids is 1. The summed E-state index contributed by atoms with van der Waals surface area (Å²) in [5.74, 6) is -1.70. The Balaban J connectivity index is 0.000000847. The van der Waals surface area contributed by atoms with E-state index in [2.05, 4.69) is 0 Å². The number of benzene rings is 1. The Bertz CT molecular complexity index is 781. The number of carboxylic acids is 1. The number of fused-ring (bicyclic) bond motifs is 1. The molecule has 7 heteroatoms. The highest BCUT2D eigenvalue weighted by molar-refractivity contribution is 5.94. The number of alkyl halides is 1. The van der Waals surface area contributed by atoms with Crippen LogP contribution in [-0.2, 0) is 0 Å². The molecule has 0 unspecified atom stereocenters. The molecule has 1 N–H and O–H groups in total. The second-order valence-corrected chi connectivity index (χ2v) is 4.82. The van der Waals surface area contributed by atoms with Crippen molar-refractivity contribution in [3.8, 4) is 5.75 Å². The number of halogens is 2. The molecule has 1 aromatic carbocycles. The molecule has 1 heterocycles. The average Bonchev–Trinajstić information content (AvgIpc) is 3.33. The zero-order chi connectivity index (χ0) is 16.4. The molecule has 0 amide bonds. The number of pyridine rings is 1. The van der Waals surface area contributed by atoms with Crippen molar-refractivity contribution in [2.45, 2.75) is 18.9 Å². The largest absolute Gasteiger partial charge is 0.494 e. The topological polar surface area (TPSA) is 68.5 Å². The highest BCUT2D eigenvalue weighted by Gasteiger charge is 2.28. The Morgan fingerprint density at radius 3 is 2.50 bits per heavy atom. The van der Waals surface area contributed by atoms with E-state index in [0.717, 1.165) is 18.9 Å². The van der Waals surface area contributed by atoms with E-state index in [4.69, 9.17) is 9.84 Å². The monoisotopic (exact) mass is 311 g/mol. The van der Waals surface area contributed by atoms with Gasteiger partial charge in [0, 0.05) is 18.3 Å². The number of methoxy groups -OCH3 is 1. The molecule has 1 saturated carbocycles. The van der Waals surface area contributed by atoms with Crippen LogP contribution in [0.5, 0.6) is 5.75 Å². The van der Waals surface area contributed by atoms with Crippen molar-refractivity contribution in [1.29, 1.82) is 0 Å². The molecule has 0 radical (unpaired) electrons. The van der Waals surface area contributed by atoms with E-state index in [-0.39, 0.29) is 22.7 Å². The van der Waals surface area contributed by atoms with Gasteiger partial charge < -0.3 is 14.4 Å². The van der Waals surface area contributed by atoms with Crippen molar-refractivity contribution in [2.24, 2.45) is 0 Å². The van der Waals surface area contributed by atoms with Gasteiger partial charge in [-0.25, -0.2) is 9.18 Å². The first-order valence-corrected chi connectivity index (χ1v) is 6.56. The summed E-state index contributed by atoms with van der Waals surface area (Å²) in [7, 11) is 1.89. The SMILES string of the molecule is CF.COc1cc(F)cc2c(=O)c(C(=O)O)cn(C3CC3)c12. The molecule has 22 heavy (non-hydrogen) atoms. The van der Waals surface area contributed by atoms with Crippen molar-refractivity contribution in [1.82, 2.24) is 4.57 Å². The number of hydrogen-bond acceptors (Lipinski definition) is 3. The third-order valence-electron chi connectivity index (χ3n) is 3.45. The van der Waals surface area contributed by atoms with Gasteiger partial charge in [-0.05, 0) is 18.9 Å². The minimum Gasteiger partial charge on any atom is -0.494 e. The lowest BCUT2D eigenvalue weighted by Crippen LogP contribution is -2.19. The Morgan fingerprint density at radius 2 is 2.00 bits per heavy atom. The third kappa shape index (κ3) is 2.66. The van der Waals surface area contributed by atoms with Gasteiger partial charge in [0.1, 0.15) is 17.1 Å². The maximum atomic E-state index is 13.6.